The van der Waals surface area contributed by atoms with Gasteiger partial charge in [0.1, 0.15) is 13.6 Å². The van der Waals surface area contributed by atoms with Crippen LogP contribution >= 0.6 is 63.7 Å². The third-order valence-electron chi connectivity index (χ3n) is 3.40. The maximum Gasteiger partial charge on any atom is 0.149 e. The lowest BCUT2D eigenvalue weighted by atomic mass is 9.78. The van der Waals surface area contributed by atoms with Crippen molar-refractivity contribution < 1.29 is 10.2 Å². The molecule has 2 rings (SSSR count). The highest BCUT2D eigenvalue weighted by molar-refractivity contribution is 9.39. The zero-order chi connectivity index (χ0) is 15.7. The first-order valence-electron chi connectivity index (χ1n) is 6.03. The number of rotatable bonds is 3. The van der Waals surface area contributed by atoms with Gasteiger partial charge >= 0.3 is 0 Å². The molecule has 2 N–H and O–H groups in total. The summed E-state index contributed by atoms with van der Waals surface area (Å²) in [6.45, 7) is 0. The molecule has 21 heavy (non-hydrogen) atoms. The van der Waals surface area contributed by atoms with Crippen molar-refractivity contribution in [2.45, 2.75) is 7.56 Å². The van der Waals surface area contributed by atoms with Crippen LogP contribution in [0.4, 0.5) is 0 Å². The Labute approximate surface area is 157 Å². The van der Waals surface area contributed by atoms with Gasteiger partial charge in [0, 0.05) is 5.33 Å². The fourth-order valence-corrected chi connectivity index (χ4v) is 6.21. The summed E-state index contributed by atoms with van der Waals surface area (Å²) in [7, 11) is 0. The second-order valence-corrected chi connectivity index (χ2v) is 12.0. The maximum atomic E-state index is 9.52. The van der Waals surface area contributed by atoms with Crippen LogP contribution in [-0.2, 0) is 5.41 Å². The Morgan fingerprint density at radius 1 is 0.714 bits per heavy atom. The minimum Gasteiger partial charge on any atom is -0.508 e. The van der Waals surface area contributed by atoms with Gasteiger partial charge in [0.2, 0.25) is 0 Å². The van der Waals surface area contributed by atoms with Crippen LogP contribution in [0.5, 0.6) is 11.5 Å². The van der Waals surface area contributed by atoms with Crippen molar-refractivity contribution in [3.63, 3.8) is 0 Å². The van der Waals surface area contributed by atoms with Crippen molar-refractivity contribution in [1.29, 1.82) is 0 Å². The molecule has 0 heterocycles. The second-order valence-electron chi connectivity index (χ2n) is 4.63. The van der Waals surface area contributed by atoms with Gasteiger partial charge in [0.05, 0.1) is 5.41 Å². The van der Waals surface area contributed by atoms with E-state index in [9.17, 15) is 10.2 Å². The molecule has 6 heteroatoms. The van der Waals surface area contributed by atoms with Gasteiger partial charge in [-0.1, -0.05) is 88.0 Å². The average molecular weight is 544 g/mol. The summed E-state index contributed by atoms with van der Waals surface area (Å²) < 4.78 is -0.614. The molecule has 0 saturated heterocycles. The molecule has 0 atom stereocenters. The zero-order valence-electron chi connectivity index (χ0n) is 10.7. The maximum absolute atomic E-state index is 9.52. The third kappa shape index (κ3) is 3.33. The topological polar surface area (TPSA) is 40.5 Å². The van der Waals surface area contributed by atoms with Gasteiger partial charge in [0.25, 0.3) is 0 Å². The Morgan fingerprint density at radius 2 is 1.05 bits per heavy atom. The lowest BCUT2D eigenvalue weighted by Gasteiger charge is -2.40. The van der Waals surface area contributed by atoms with Crippen molar-refractivity contribution in [2.75, 3.05) is 5.33 Å². The number of phenolic OH excluding ortho intramolecular Hbond substituents is 2. The lowest BCUT2D eigenvalue weighted by molar-refractivity contribution is 0.474. The summed E-state index contributed by atoms with van der Waals surface area (Å²) >= 11 is 14.6. The first-order chi connectivity index (χ1) is 9.81. The molecule has 0 aromatic heterocycles. The molecular weight excluding hydrogens is 532 g/mol. The van der Waals surface area contributed by atoms with Gasteiger partial charge in [-0.2, -0.15) is 0 Å². The molecule has 0 unspecified atom stereocenters. The van der Waals surface area contributed by atoms with E-state index >= 15 is 0 Å². The summed E-state index contributed by atoms with van der Waals surface area (Å²) in [5.74, 6) is 0.439. The summed E-state index contributed by atoms with van der Waals surface area (Å²) in [6, 6.07) is 14.1. The Balaban J connectivity index is 2.69. The molecule has 2 aromatic rings. The van der Waals surface area contributed by atoms with E-state index in [1.807, 2.05) is 24.3 Å². The summed E-state index contributed by atoms with van der Waals surface area (Å²) in [5, 5.41) is 19.7. The minimum absolute atomic E-state index is 0.220. The molecule has 0 radical (unpaired) electrons. The number of hydrogen-bond donors (Lipinski definition) is 2. The minimum atomic E-state index is -0.614. The predicted octanol–water partition coefficient (Wildman–Crippen LogP) is 5.62. The number of hydrogen-bond acceptors (Lipinski definition) is 2. The molecule has 2 nitrogen and oxygen atoms in total. The molecule has 112 valence electrons. The standard InChI is InChI=1S/C15H12Br4O2/c16-9-14(15(17,18)19,10-1-5-12(20)6-2-10)11-3-7-13(21)8-4-11/h1-8,20-21H,9H2. The van der Waals surface area contributed by atoms with Crippen LogP contribution in [0.2, 0.25) is 0 Å². The van der Waals surface area contributed by atoms with E-state index in [2.05, 4.69) is 63.7 Å². The van der Waals surface area contributed by atoms with Crippen molar-refractivity contribution in [3.05, 3.63) is 59.7 Å². The van der Waals surface area contributed by atoms with E-state index in [0.29, 0.717) is 5.33 Å². The van der Waals surface area contributed by atoms with Crippen molar-refractivity contribution in [1.82, 2.24) is 0 Å². The van der Waals surface area contributed by atoms with Gasteiger partial charge in [-0.15, -0.1) is 0 Å². The molecular formula is C15H12Br4O2. The molecule has 0 saturated carbocycles. The molecule has 0 aliphatic carbocycles. The van der Waals surface area contributed by atoms with Gasteiger partial charge in [-0.05, 0) is 35.4 Å². The SMILES string of the molecule is Oc1ccc(C(CBr)(c2ccc(O)cc2)C(Br)(Br)Br)cc1. The van der Waals surface area contributed by atoms with Crippen molar-refractivity contribution in [2.24, 2.45) is 0 Å². The number of benzene rings is 2. The zero-order valence-corrected chi connectivity index (χ0v) is 17.1. The first kappa shape index (κ1) is 17.3. The fourth-order valence-electron chi connectivity index (χ4n) is 2.22. The normalized spacial score (nSPS) is 12.4. The van der Waals surface area contributed by atoms with Crippen LogP contribution in [0, 0.1) is 0 Å². The summed E-state index contributed by atoms with van der Waals surface area (Å²) in [4.78, 5) is 0. The molecule has 0 amide bonds. The molecule has 0 fully saturated rings. The highest BCUT2D eigenvalue weighted by Crippen LogP contribution is 2.55. The van der Waals surface area contributed by atoms with Crippen molar-refractivity contribution in [3.8, 4) is 11.5 Å². The number of alkyl halides is 4. The summed E-state index contributed by atoms with van der Waals surface area (Å²) in [5.41, 5.74) is 1.48. The fraction of sp³-hybridized carbons (Fsp3) is 0.200. The van der Waals surface area contributed by atoms with E-state index in [0.717, 1.165) is 11.1 Å². The van der Waals surface area contributed by atoms with E-state index in [1.54, 1.807) is 24.3 Å². The van der Waals surface area contributed by atoms with Crippen LogP contribution in [0.25, 0.3) is 0 Å². The monoisotopic (exact) mass is 540 g/mol. The summed E-state index contributed by atoms with van der Waals surface area (Å²) in [6.07, 6.45) is 0. The van der Waals surface area contributed by atoms with Crippen LogP contribution < -0.4 is 0 Å². The Bertz CT molecular complexity index is 558. The average Bonchev–Trinajstić information content (AvgIpc) is 2.42. The van der Waals surface area contributed by atoms with Gasteiger partial charge in [0.15, 0.2) is 0 Å². The smallest absolute Gasteiger partial charge is 0.149 e. The Hall–Kier alpha value is -0.0400. The Morgan fingerprint density at radius 3 is 1.29 bits per heavy atom. The first-order valence-corrected chi connectivity index (χ1v) is 9.53. The van der Waals surface area contributed by atoms with Gasteiger partial charge in [-0.25, -0.2) is 0 Å². The molecule has 0 spiro atoms. The number of halogens is 4. The van der Waals surface area contributed by atoms with Crippen LogP contribution in [-0.4, -0.2) is 17.7 Å². The highest BCUT2D eigenvalue weighted by atomic mass is 80.0. The third-order valence-corrected chi connectivity index (χ3v) is 6.28. The molecule has 0 bridgehead atoms. The Kier molecular flexibility index (Phi) is 5.45. The van der Waals surface area contributed by atoms with E-state index in [-0.39, 0.29) is 11.5 Å². The number of phenols is 2. The van der Waals surface area contributed by atoms with E-state index < -0.39 is 7.56 Å². The highest BCUT2D eigenvalue weighted by Gasteiger charge is 2.49. The number of aromatic hydroxyl groups is 2. The van der Waals surface area contributed by atoms with Crippen LogP contribution in [0.1, 0.15) is 11.1 Å². The van der Waals surface area contributed by atoms with Crippen molar-refractivity contribution >= 4 is 63.7 Å². The molecule has 0 aliphatic rings. The molecule has 2 aromatic carbocycles. The van der Waals surface area contributed by atoms with Crippen LogP contribution in [0.3, 0.4) is 0 Å². The second kappa shape index (κ2) is 6.60. The van der Waals surface area contributed by atoms with E-state index in [4.69, 9.17) is 0 Å². The molecule has 0 aliphatic heterocycles. The lowest BCUT2D eigenvalue weighted by Crippen LogP contribution is -2.41. The largest absolute Gasteiger partial charge is 0.508 e. The predicted molar refractivity (Wildman–Crippen MR) is 100 cm³/mol. The van der Waals surface area contributed by atoms with Crippen LogP contribution in [0.15, 0.2) is 48.5 Å². The quantitative estimate of drug-likeness (QED) is 0.494. The van der Waals surface area contributed by atoms with Gasteiger partial charge in [-0.3, -0.25) is 0 Å². The van der Waals surface area contributed by atoms with E-state index in [1.165, 1.54) is 0 Å². The van der Waals surface area contributed by atoms with Gasteiger partial charge < -0.3 is 10.2 Å².